The predicted molar refractivity (Wildman–Crippen MR) is 59.0 cm³/mol. The minimum absolute atomic E-state index is 0.797. The lowest BCUT2D eigenvalue weighted by molar-refractivity contribution is 0.398. The second-order valence-corrected chi connectivity index (χ2v) is 10.9. The summed E-state index contributed by atoms with van der Waals surface area (Å²) in [4.78, 5) is 0. The topological polar surface area (TPSA) is 0 Å². The molecule has 1 heteroatoms. The van der Waals surface area contributed by atoms with Gasteiger partial charge in [0.1, 0.15) is 0 Å². The Kier molecular flexibility index (Phi) is 3.82. The molecule has 0 aromatic heterocycles. The third-order valence-corrected chi connectivity index (χ3v) is 4.17. The molecule has 0 amide bonds. The van der Waals surface area contributed by atoms with E-state index in [4.69, 9.17) is 0 Å². The second kappa shape index (κ2) is 4.45. The molecule has 0 spiro atoms. The van der Waals surface area contributed by atoms with Crippen molar-refractivity contribution in [2.24, 2.45) is 5.92 Å². The molecule has 0 unspecified atom stereocenters. The summed E-state index contributed by atoms with van der Waals surface area (Å²) in [6.45, 7) is 7.39. The number of hydrogen-bond donors (Lipinski definition) is 0. The lowest BCUT2D eigenvalue weighted by atomic mass is 9.88. The van der Waals surface area contributed by atoms with Crippen molar-refractivity contribution < 1.29 is 0 Å². The fraction of sp³-hybridized carbons (Fsp3) is 0.909. The summed E-state index contributed by atoms with van der Waals surface area (Å²) in [6.07, 6.45) is 10.0. The van der Waals surface area contributed by atoms with Crippen LogP contribution < -0.4 is 0 Å². The van der Waals surface area contributed by atoms with Crippen molar-refractivity contribution in [2.75, 3.05) is 0 Å². The molecule has 0 aromatic rings. The summed E-state index contributed by atoms with van der Waals surface area (Å²) >= 11 is 0. The minimum Gasteiger partial charge on any atom is -0.0695 e. The molecule has 0 bridgehead atoms. The molecule has 1 fully saturated rings. The third-order valence-electron chi connectivity index (χ3n) is 2.71. The van der Waals surface area contributed by atoms with Crippen molar-refractivity contribution in [3.05, 3.63) is 6.42 Å². The fourth-order valence-corrected chi connectivity index (χ4v) is 2.93. The van der Waals surface area contributed by atoms with Gasteiger partial charge >= 0.3 is 0 Å². The molecule has 0 nitrogen and oxygen atoms in total. The minimum atomic E-state index is -0.797. The van der Waals surface area contributed by atoms with Crippen LogP contribution in [0.2, 0.25) is 25.7 Å². The molecule has 1 aliphatic rings. The van der Waals surface area contributed by atoms with Crippen molar-refractivity contribution >= 4 is 8.07 Å². The zero-order valence-electron chi connectivity index (χ0n) is 8.90. The van der Waals surface area contributed by atoms with Crippen LogP contribution in [0, 0.1) is 12.3 Å². The van der Waals surface area contributed by atoms with Crippen LogP contribution in [0.4, 0.5) is 0 Å². The molecule has 1 radical (unpaired) electrons. The molecule has 1 rings (SSSR count). The zero-order chi connectivity index (χ0) is 9.03. The van der Waals surface area contributed by atoms with E-state index in [2.05, 4.69) is 26.1 Å². The van der Waals surface area contributed by atoms with Gasteiger partial charge in [0.2, 0.25) is 0 Å². The Bertz CT molecular complexity index is 117. The van der Waals surface area contributed by atoms with Gasteiger partial charge < -0.3 is 0 Å². The van der Waals surface area contributed by atoms with Gasteiger partial charge in [-0.25, -0.2) is 0 Å². The Morgan fingerprint density at radius 2 is 1.67 bits per heavy atom. The van der Waals surface area contributed by atoms with E-state index in [0.29, 0.717) is 0 Å². The van der Waals surface area contributed by atoms with E-state index in [1.807, 2.05) is 0 Å². The first-order valence-electron chi connectivity index (χ1n) is 5.41. The van der Waals surface area contributed by atoms with Crippen LogP contribution >= 0.6 is 0 Å². The Morgan fingerprint density at radius 3 is 2.17 bits per heavy atom. The first-order valence-corrected chi connectivity index (χ1v) is 9.12. The summed E-state index contributed by atoms with van der Waals surface area (Å²) < 4.78 is 0. The molecule has 0 saturated heterocycles. The summed E-state index contributed by atoms with van der Waals surface area (Å²) in [7, 11) is -0.797. The van der Waals surface area contributed by atoms with Crippen LogP contribution in [-0.2, 0) is 0 Å². The second-order valence-electron chi connectivity index (χ2n) is 5.40. The van der Waals surface area contributed by atoms with E-state index in [9.17, 15) is 0 Å². The zero-order valence-corrected chi connectivity index (χ0v) is 9.90. The molecule has 0 atom stereocenters. The van der Waals surface area contributed by atoms with Crippen LogP contribution in [0.1, 0.15) is 32.1 Å². The van der Waals surface area contributed by atoms with E-state index < -0.39 is 8.07 Å². The van der Waals surface area contributed by atoms with Crippen LogP contribution in [0.3, 0.4) is 0 Å². The predicted octanol–water partition coefficient (Wildman–Crippen LogP) is 4.11. The maximum absolute atomic E-state index is 2.63. The molecule has 71 valence electrons. The highest BCUT2D eigenvalue weighted by Gasteiger charge is 2.18. The van der Waals surface area contributed by atoms with Crippen molar-refractivity contribution in [3.8, 4) is 0 Å². The van der Waals surface area contributed by atoms with Gasteiger partial charge in [-0.1, -0.05) is 57.8 Å². The highest BCUT2D eigenvalue weighted by atomic mass is 28.3. The van der Waals surface area contributed by atoms with E-state index in [1.54, 1.807) is 0 Å². The first-order chi connectivity index (χ1) is 5.58. The molecular weight excluding hydrogens is 160 g/mol. The number of rotatable bonds is 3. The van der Waals surface area contributed by atoms with Crippen molar-refractivity contribution in [3.63, 3.8) is 0 Å². The van der Waals surface area contributed by atoms with Crippen LogP contribution in [0.5, 0.6) is 0 Å². The molecule has 0 N–H and O–H groups in total. The maximum Gasteiger partial charge on any atom is 0.0445 e. The lowest BCUT2D eigenvalue weighted by Gasteiger charge is -2.24. The van der Waals surface area contributed by atoms with Crippen LogP contribution in [0.15, 0.2) is 0 Å². The molecule has 0 heterocycles. The first kappa shape index (κ1) is 10.3. The highest BCUT2D eigenvalue weighted by molar-refractivity contribution is 6.76. The van der Waals surface area contributed by atoms with Crippen molar-refractivity contribution in [2.45, 2.75) is 57.8 Å². The van der Waals surface area contributed by atoms with Gasteiger partial charge in [0.05, 0.1) is 0 Å². The summed E-state index contributed by atoms with van der Waals surface area (Å²) in [5.74, 6) is 0.977. The van der Waals surface area contributed by atoms with Gasteiger partial charge in [-0.2, -0.15) is 0 Å². The van der Waals surface area contributed by atoms with Crippen LogP contribution in [0.25, 0.3) is 0 Å². The monoisotopic (exact) mass is 183 g/mol. The summed E-state index contributed by atoms with van der Waals surface area (Å²) in [6, 6.07) is 1.43. The highest BCUT2D eigenvalue weighted by Crippen LogP contribution is 2.28. The van der Waals surface area contributed by atoms with Crippen molar-refractivity contribution in [1.82, 2.24) is 0 Å². The maximum atomic E-state index is 2.63. The third kappa shape index (κ3) is 4.29. The summed E-state index contributed by atoms with van der Waals surface area (Å²) in [5, 5.41) is 0. The van der Waals surface area contributed by atoms with E-state index in [0.717, 1.165) is 5.92 Å². The van der Waals surface area contributed by atoms with Gasteiger partial charge in [0.25, 0.3) is 0 Å². The Balaban J connectivity index is 2.13. The Hall–Kier alpha value is 0.217. The molecule has 0 aromatic carbocycles. The van der Waals surface area contributed by atoms with Gasteiger partial charge in [-0.05, 0) is 12.3 Å². The standard InChI is InChI=1S/C11H23Si/c1-12(2,3)10-9-11-7-5-4-6-8-11/h9,11H,4-8,10H2,1-3H3. The molecule has 1 saturated carbocycles. The van der Waals surface area contributed by atoms with Crippen LogP contribution in [-0.4, -0.2) is 8.07 Å². The van der Waals surface area contributed by atoms with E-state index in [1.165, 1.54) is 38.1 Å². The molecule has 0 aliphatic heterocycles. The molecule has 1 aliphatic carbocycles. The van der Waals surface area contributed by atoms with Gasteiger partial charge in [0.15, 0.2) is 0 Å². The normalized spacial score (nSPS) is 21.2. The quantitative estimate of drug-likeness (QED) is 0.578. The van der Waals surface area contributed by atoms with E-state index >= 15 is 0 Å². The average molecular weight is 183 g/mol. The smallest absolute Gasteiger partial charge is 0.0445 e. The SMILES string of the molecule is C[Si](C)(C)C[CH]C1CCCCC1. The lowest BCUT2D eigenvalue weighted by Crippen LogP contribution is -2.21. The summed E-state index contributed by atoms with van der Waals surface area (Å²) in [5.41, 5.74) is 0. The number of hydrogen-bond acceptors (Lipinski definition) is 0. The Morgan fingerprint density at radius 1 is 1.08 bits per heavy atom. The van der Waals surface area contributed by atoms with Gasteiger partial charge in [0, 0.05) is 8.07 Å². The van der Waals surface area contributed by atoms with Gasteiger partial charge in [-0.15, -0.1) is 0 Å². The average Bonchev–Trinajstić information content (AvgIpc) is 2.02. The van der Waals surface area contributed by atoms with Crippen molar-refractivity contribution in [1.29, 1.82) is 0 Å². The van der Waals surface area contributed by atoms with Gasteiger partial charge in [-0.3, -0.25) is 0 Å². The Labute approximate surface area is 78.8 Å². The van der Waals surface area contributed by atoms with E-state index in [-0.39, 0.29) is 0 Å². The molecule has 12 heavy (non-hydrogen) atoms. The fourth-order valence-electron chi connectivity index (χ4n) is 1.89. The molecular formula is C11H23Si. The largest absolute Gasteiger partial charge is 0.0695 e.